The van der Waals surface area contributed by atoms with Gasteiger partial charge >= 0.3 is 12.1 Å². The summed E-state index contributed by atoms with van der Waals surface area (Å²) in [4.78, 5) is 30.4. The van der Waals surface area contributed by atoms with E-state index in [1.165, 1.54) is 47.4 Å². The van der Waals surface area contributed by atoms with Crippen LogP contribution in [0.4, 0.5) is 15.4 Å². The Morgan fingerprint density at radius 3 is 1.94 bits per heavy atom. The standard InChI is InChI=1S/C22H21N5O6S2/c28-21(25-34(30,31)17-7-3-1-4-8-17)24-20-12-11-16-15-27(14-13-19(16)23-20)22(29)26-35(32,33)18-9-5-2-6-10-18/h1-12H,13-15H2,(H,26,29)(H2,23,24,25,28). The normalized spacial score (nSPS) is 13.4. The van der Waals surface area contributed by atoms with Gasteiger partial charge in [0.25, 0.3) is 20.0 Å². The molecule has 0 atom stereocenters. The molecule has 0 saturated heterocycles. The molecule has 2 aromatic carbocycles. The fourth-order valence-electron chi connectivity index (χ4n) is 3.42. The number of rotatable bonds is 5. The number of hydrogen-bond acceptors (Lipinski definition) is 7. The molecule has 35 heavy (non-hydrogen) atoms. The van der Waals surface area contributed by atoms with Crippen LogP contribution in [0, 0.1) is 0 Å². The first kappa shape index (κ1) is 24.2. The van der Waals surface area contributed by atoms with E-state index in [1.54, 1.807) is 30.3 Å². The topological polar surface area (TPSA) is 155 Å². The van der Waals surface area contributed by atoms with Crippen molar-refractivity contribution in [2.45, 2.75) is 22.8 Å². The van der Waals surface area contributed by atoms with Gasteiger partial charge in [0.05, 0.1) is 9.79 Å². The van der Waals surface area contributed by atoms with E-state index in [1.807, 2.05) is 4.72 Å². The lowest BCUT2D eigenvalue weighted by Crippen LogP contribution is -2.45. The van der Waals surface area contributed by atoms with Crippen LogP contribution in [0.1, 0.15) is 11.3 Å². The molecule has 1 aliphatic rings. The molecule has 1 aromatic heterocycles. The van der Waals surface area contributed by atoms with Crippen molar-refractivity contribution < 1.29 is 26.4 Å². The number of amides is 4. The molecule has 0 fully saturated rings. The molecular formula is C22H21N5O6S2. The van der Waals surface area contributed by atoms with Crippen LogP contribution in [0.2, 0.25) is 0 Å². The van der Waals surface area contributed by atoms with Crippen LogP contribution >= 0.6 is 0 Å². The summed E-state index contributed by atoms with van der Waals surface area (Å²) < 4.78 is 53.4. The molecule has 3 N–H and O–H groups in total. The summed E-state index contributed by atoms with van der Waals surface area (Å²) in [5.74, 6) is 0.133. The Labute approximate surface area is 202 Å². The summed E-state index contributed by atoms with van der Waals surface area (Å²) in [6.45, 7) is 0.321. The van der Waals surface area contributed by atoms with E-state index in [2.05, 4.69) is 15.0 Å². The molecule has 13 heteroatoms. The second-order valence-corrected chi connectivity index (χ2v) is 10.9. The van der Waals surface area contributed by atoms with Crippen molar-refractivity contribution in [3.8, 4) is 0 Å². The Bertz CT molecular complexity index is 1460. The third kappa shape index (κ3) is 5.75. The molecule has 4 amide bonds. The second kappa shape index (κ2) is 9.72. The Morgan fingerprint density at radius 2 is 1.34 bits per heavy atom. The summed E-state index contributed by atoms with van der Waals surface area (Å²) in [6.07, 6.45) is 0.313. The van der Waals surface area contributed by atoms with E-state index in [0.717, 1.165) is 0 Å². The number of anilines is 1. The summed E-state index contributed by atoms with van der Waals surface area (Å²) in [7, 11) is -8.04. The molecule has 2 heterocycles. The van der Waals surface area contributed by atoms with Crippen molar-refractivity contribution in [3.05, 3.63) is 84.1 Å². The van der Waals surface area contributed by atoms with Gasteiger partial charge < -0.3 is 4.90 Å². The van der Waals surface area contributed by atoms with Gasteiger partial charge in [-0.3, -0.25) is 5.32 Å². The maximum atomic E-state index is 12.6. The van der Waals surface area contributed by atoms with Gasteiger partial charge in [-0.05, 0) is 35.9 Å². The minimum atomic E-state index is -4.04. The summed E-state index contributed by atoms with van der Waals surface area (Å²) in [5, 5.41) is 2.39. The minimum Gasteiger partial charge on any atom is -0.319 e. The van der Waals surface area contributed by atoms with Crippen molar-refractivity contribution >= 4 is 37.9 Å². The molecular weight excluding hydrogens is 494 g/mol. The smallest absolute Gasteiger partial charge is 0.319 e. The number of carbonyl (C=O) groups is 2. The number of fused-ring (bicyclic) bond motifs is 1. The van der Waals surface area contributed by atoms with Gasteiger partial charge in [-0.15, -0.1) is 0 Å². The lowest BCUT2D eigenvalue weighted by atomic mass is 10.1. The third-order valence-corrected chi connectivity index (χ3v) is 7.82. The maximum absolute atomic E-state index is 12.6. The molecule has 11 nitrogen and oxygen atoms in total. The van der Waals surface area contributed by atoms with E-state index >= 15 is 0 Å². The maximum Gasteiger partial charge on any atom is 0.334 e. The van der Waals surface area contributed by atoms with Crippen molar-refractivity contribution in [1.29, 1.82) is 0 Å². The number of hydrogen-bond donors (Lipinski definition) is 3. The number of carbonyl (C=O) groups excluding carboxylic acids is 2. The van der Waals surface area contributed by atoms with E-state index in [9.17, 15) is 26.4 Å². The molecule has 0 aliphatic carbocycles. The molecule has 0 bridgehead atoms. The van der Waals surface area contributed by atoms with Crippen molar-refractivity contribution in [1.82, 2.24) is 19.3 Å². The van der Waals surface area contributed by atoms with E-state index in [4.69, 9.17) is 0 Å². The molecule has 0 spiro atoms. The highest BCUT2D eigenvalue weighted by atomic mass is 32.2. The number of aromatic nitrogens is 1. The van der Waals surface area contributed by atoms with Crippen LogP contribution in [-0.2, 0) is 33.0 Å². The lowest BCUT2D eigenvalue weighted by Gasteiger charge is -2.28. The van der Waals surface area contributed by atoms with Gasteiger partial charge in [0.2, 0.25) is 0 Å². The zero-order chi connectivity index (χ0) is 25.1. The third-order valence-electron chi connectivity index (χ3n) is 5.13. The molecule has 3 aromatic rings. The first-order valence-corrected chi connectivity index (χ1v) is 13.4. The Kier molecular flexibility index (Phi) is 6.71. The van der Waals surface area contributed by atoms with E-state index in [0.29, 0.717) is 17.7 Å². The van der Waals surface area contributed by atoms with Crippen molar-refractivity contribution in [3.63, 3.8) is 0 Å². The van der Waals surface area contributed by atoms with Gasteiger partial charge in [0.1, 0.15) is 5.82 Å². The number of benzene rings is 2. The predicted octanol–water partition coefficient (Wildman–Crippen LogP) is 2.05. The van der Waals surface area contributed by atoms with Gasteiger partial charge in [-0.1, -0.05) is 42.5 Å². The van der Waals surface area contributed by atoms with Crippen molar-refractivity contribution in [2.24, 2.45) is 0 Å². The molecule has 4 rings (SSSR count). The first-order chi connectivity index (χ1) is 16.6. The summed E-state index contributed by atoms with van der Waals surface area (Å²) >= 11 is 0. The monoisotopic (exact) mass is 515 g/mol. The zero-order valence-corrected chi connectivity index (χ0v) is 19.8. The van der Waals surface area contributed by atoms with Gasteiger partial charge in [-0.25, -0.2) is 40.9 Å². The number of pyridine rings is 1. The second-order valence-electron chi connectivity index (χ2n) is 7.57. The Morgan fingerprint density at radius 1 is 0.771 bits per heavy atom. The van der Waals surface area contributed by atoms with Crippen LogP contribution in [0.5, 0.6) is 0 Å². The Balaban J connectivity index is 1.38. The highest BCUT2D eigenvalue weighted by molar-refractivity contribution is 7.90. The van der Waals surface area contributed by atoms with Gasteiger partial charge in [0, 0.05) is 25.2 Å². The highest BCUT2D eigenvalue weighted by Gasteiger charge is 2.26. The summed E-state index contributed by atoms with van der Waals surface area (Å²) in [6, 6.07) is 16.4. The molecule has 182 valence electrons. The largest absolute Gasteiger partial charge is 0.334 e. The fraction of sp³-hybridized carbons (Fsp3) is 0.136. The number of nitrogens with one attached hydrogen (secondary N) is 3. The highest BCUT2D eigenvalue weighted by Crippen LogP contribution is 2.20. The van der Waals surface area contributed by atoms with E-state index < -0.39 is 32.1 Å². The average Bonchev–Trinajstić information content (AvgIpc) is 2.84. The van der Waals surface area contributed by atoms with Gasteiger partial charge in [-0.2, -0.15) is 0 Å². The number of nitrogens with zero attached hydrogens (tertiary/aromatic N) is 2. The molecule has 1 aliphatic heterocycles. The lowest BCUT2D eigenvalue weighted by molar-refractivity contribution is 0.198. The molecule has 0 unspecified atom stereocenters. The van der Waals surface area contributed by atoms with Crippen LogP contribution < -0.4 is 14.8 Å². The fourth-order valence-corrected chi connectivity index (χ4v) is 5.34. The predicted molar refractivity (Wildman–Crippen MR) is 126 cm³/mol. The quantitative estimate of drug-likeness (QED) is 0.470. The number of urea groups is 2. The van der Waals surface area contributed by atoms with Crippen molar-refractivity contribution in [2.75, 3.05) is 11.9 Å². The van der Waals surface area contributed by atoms with Crippen LogP contribution in [0.15, 0.2) is 82.6 Å². The molecule has 0 saturated carbocycles. The van der Waals surface area contributed by atoms with Gasteiger partial charge in [0.15, 0.2) is 0 Å². The number of sulfonamides is 2. The van der Waals surface area contributed by atoms with Crippen LogP contribution in [-0.4, -0.2) is 45.3 Å². The minimum absolute atomic E-state index is 0.0179. The van der Waals surface area contributed by atoms with Crippen LogP contribution in [0.25, 0.3) is 0 Å². The Hall–Kier alpha value is -3.97. The van der Waals surface area contributed by atoms with Crippen LogP contribution in [0.3, 0.4) is 0 Å². The molecule has 0 radical (unpaired) electrons. The first-order valence-electron chi connectivity index (χ1n) is 10.4. The summed E-state index contributed by atoms with van der Waals surface area (Å²) in [5.41, 5.74) is 1.27. The average molecular weight is 516 g/mol. The van der Waals surface area contributed by atoms with E-state index in [-0.39, 0.29) is 28.7 Å². The zero-order valence-electron chi connectivity index (χ0n) is 18.2. The SMILES string of the molecule is O=C(Nc1ccc2c(n1)CCN(C(=O)NS(=O)(=O)c1ccccc1)C2)NS(=O)(=O)c1ccccc1.